The molecule has 2 aromatic rings. The zero-order valence-corrected chi connectivity index (χ0v) is 22.2. The lowest BCUT2D eigenvalue weighted by molar-refractivity contribution is -0.110. The molecule has 0 spiro atoms. The smallest absolute Gasteiger partial charge is 0.266 e. The van der Waals surface area contributed by atoms with Crippen molar-refractivity contribution in [2.75, 3.05) is 20.1 Å². The molecule has 192 valence electrons. The summed E-state index contributed by atoms with van der Waals surface area (Å²) in [6, 6.07) is 10.1. The Bertz CT molecular complexity index is 1060. The van der Waals surface area contributed by atoms with Crippen LogP contribution in [0.1, 0.15) is 77.7 Å². The highest BCUT2D eigenvalue weighted by Crippen LogP contribution is 2.31. The molecule has 2 heterocycles. The van der Waals surface area contributed by atoms with E-state index in [-0.39, 0.29) is 5.91 Å². The van der Waals surface area contributed by atoms with Crippen LogP contribution in [0.3, 0.4) is 0 Å². The molecule has 0 unspecified atom stereocenters. The first kappa shape index (κ1) is 27.4. The van der Waals surface area contributed by atoms with Gasteiger partial charge in [-0.05, 0) is 61.6 Å². The molecule has 36 heavy (non-hydrogen) atoms. The molecule has 1 N–H and O–H groups in total. The number of nitriles is 1. The molecule has 7 nitrogen and oxygen atoms in total. The van der Waals surface area contributed by atoms with Crippen LogP contribution in [0.15, 0.2) is 34.6 Å². The van der Waals surface area contributed by atoms with Crippen LogP contribution in [0, 0.1) is 18.3 Å². The highest BCUT2D eigenvalue weighted by molar-refractivity contribution is 7.12. The van der Waals surface area contributed by atoms with Gasteiger partial charge in [-0.1, -0.05) is 37.5 Å². The molecule has 2 aliphatic rings. The van der Waals surface area contributed by atoms with Crippen LogP contribution in [-0.4, -0.2) is 54.6 Å². The van der Waals surface area contributed by atoms with Crippen molar-refractivity contribution in [3.05, 3.63) is 51.2 Å². The number of aryl methyl sites for hydroxylation is 1. The van der Waals surface area contributed by atoms with Crippen LogP contribution < -0.4 is 5.32 Å². The molecule has 1 aliphatic heterocycles. The van der Waals surface area contributed by atoms with Gasteiger partial charge in [0, 0.05) is 32.7 Å². The van der Waals surface area contributed by atoms with Gasteiger partial charge >= 0.3 is 0 Å². The number of benzene rings is 1. The van der Waals surface area contributed by atoms with Gasteiger partial charge in [-0.25, -0.2) is 4.99 Å². The molecule has 1 aliphatic carbocycles. The summed E-state index contributed by atoms with van der Waals surface area (Å²) in [6.07, 6.45) is 12.6. The summed E-state index contributed by atoms with van der Waals surface area (Å²) in [5.41, 5.74) is 3.23. The molecule has 2 amide bonds. The summed E-state index contributed by atoms with van der Waals surface area (Å²) in [5.74, 6) is -0.0633. The summed E-state index contributed by atoms with van der Waals surface area (Å²) >= 11 is 1.43. The number of nitrogens with zero attached hydrogens (tertiary/aromatic N) is 4. The summed E-state index contributed by atoms with van der Waals surface area (Å²) in [7, 11) is 1.77. The second-order valence-electron chi connectivity index (χ2n) is 9.49. The Morgan fingerprint density at radius 2 is 1.89 bits per heavy atom. The van der Waals surface area contributed by atoms with E-state index < -0.39 is 0 Å². The lowest BCUT2D eigenvalue weighted by atomic mass is 9.96. The largest absolute Gasteiger partial charge is 0.363 e. The Labute approximate surface area is 218 Å². The third-order valence-electron chi connectivity index (χ3n) is 6.68. The second-order valence-corrected chi connectivity index (χ2v) is 10.4. The van der Waals surface area contributed by atoms with E-state index in [0.717, 1.165) is 36.3 Å². The van der Waals surface area contributed by atoms with Crippen LogP contribution in [0.5, 0.6) is 0 Å². The number of hydrogen-bond acceptors (Lipinski definition) is 5. The number of likely N-dealkylation sites (tertiary alicyclic amines) is 1. The molecule has 1 saturated carbocycles. The Morgan fingerprint density at radius 3 is 2.58 bits per heavy atom. The third kappa shape index (κ3) is 7.92. The first-order valence-corrected chi connectivity index (χ1v) is 13.7. The fraction of sp³-hybridized carbons (Fsp3) is 0.500. The molecule has 2 fully saturated rings. The molecule has 0 bridgehead atoms. The van der Waals surface area contributed by atoms with E-state index in [2.05, 4.69) is 21.3 Å². The number of carbonyl (C=O) groups excluding carboxylic acids is 2. The van der Waals surface area contributed by atoms with Crippen LogP contribution in [0.2, 0.25) is 0 Å². The summed E-state index contributed by atoms with van der Waals surface area (Å²) in [4.78, 5) is 32.1. The zero-order valence-electron chi connectivity index (χ0n) is 21.4. The van der Waals surface area contributed by atoms with E-state index >= 15 is 0 Å². The van der Waals surface area contributed by atoms with E-state index in [1.165, 1.54) is 62.7 Å². The van der Waals surface area contributed by atoms with Gasteiger partial charge in [0.05, 0.1) is 23.7 Å². The van der Waals surface area contributed by atoms with Gasteiger partial charge in [-0.2, -0.15) is 5.26 Å². The van der Waals surface area contributed by atoms with Gasteiger partial charge in [-0.15, -0.1) is 11.3 Å². The average molecular weight is 508 g/mol. The average Bonchev–Trinajstić information content (AvgIpc) is 3.29. The number of hydrogen-bond donors (Lipinski definition) is 1. The summed E-state index contributed by atoms with van der Waals surface area (Å²) in [5, 5.41) is 14.0. The molecule has 1 aromatic carbocycles. The SMILES string of the molecule is Cc1csc(C(=O)N(C)Cc2ccccc2C#N)c1N=CN1CCCCC1.O=CNC1CCCCC1. The van der Waals surface area contributed by atoms with Crippen molar-refractivity contribution in [1.29, 1.82) is 5.26 Å². The molecule has 4 rings (SSSR count). The minimum Gasteiger partial charge on any atom is -0.363 e. The predicted octanol–water partition coefficient (Wildman–Crippen LogP) is 5.41. The van der Waals surface area contributed by atoms with Crippen LogP contribution in [0.25, 0.3) is 0 Å². The van der Waals surface area contributed by atoms with Gasteiger partial charge in [0.15, 0.2) is 0 Å². The van der Waals surface area contributed by atoms with Gasteiger partial charge in [0.1, 0.15) is 4.88 Å². The number of nitrogens with one attached hydrogen (secondary N) is 1. The molecular formula is C28H37N5O2S. The minimum absolute atomic E-state index is 0.0633. The van der Waals surface area contributed by atoms with Crippen molar-refractivity contribution < 1.29 is 9.59 Å². The first-order valence-electron chi connectivity index (χ1n) is 12.8. The van der Waals surface area contributed by atoms with E-state index in [4.69, 9.17) is 0 Å². The number of aliphatic imine (C=N–C) groups is 1. The normalized spacial score (nSPS) is 16.1. The maximum absolute atomic E-state index is 13.0. The Kier molecular flexibility index (Phi) is 11.0. The third-order valence-corrected chi connectivity index (χ3v) is 7.75. The number of carbonyl (C=O) groups is 2. The number of thiophene rings is 1. The fourth-order valence-electron chi connectivity index (χ4n) is 4.56. The highest BCUT2D eigenvalue weighted by atomic mass is 32.1. The van der Waals surface area contributed by atoms with Crippen molar-refractivity contribution in [2.45, 2.75) is 70.9 Å². The molecule has 1 saturated heterocycles. The van der Waals surface area contributed by atoms with Crippen LogP contribution >= 0.6 is 11.3 Å². The maximum Gasteiger partial charge on any atom is 0.266 e. The van der Waals surface area contributed by atoms with Crippen LogP contribution in [-0.2, 0) is 11.3 Å². The Morgan fingerprint density at radius 1 is 1.19 bits per heavy atom. The number of rotatable bonds is 7. The standard InChI is InChI=1S/C21H24N4OS.C7H13NO/c1-16-14-27-20(19(16)23-15-25-10-6-3-7-11-25)21(26)24(2)13-18-9-5-4-8-17(18)12-22;9-6-8-7-4-2-1-3-5-7/h4-5,8-9,14-15H,3,6-7,10-11,13H2,1-2H3;6-7H,1-5H2,(H,8,9). The first-order chi connectivity index (χ1) is 17.5. The highest BCUT2D eigenvalue weighted by Gasteiger charge is 2.20. The van der Waals surface area contributed by atoms with E-state index in [1.807, 2.05) is 36.8 Å². The van der Waals surface area contributed by atoms with E-state index in [0.29, 0.717) is 23.0 Å². The molecule has 8 heteroatoms. The zero-order chi connectivity index (χ0) is 25.8. The summed E-state index contributed by atoms with van der Waals surface area (Å²) in [6.45, 7) is 4.44. The molecule has 0 radical (unpaired) electrons. The molecular weight excluding hydrogens is 470 g/mol. The maximum atomic E-state index is 13.0. The van der Waals surface area contributed by atoms with E-state index in [9.17, 15) is 14.9 Å². The van der Waals surface area contributed by atoms with E-state index in [1.54, 1.807) is 18.0 Å². The Hall–Kier alpha value is -3.18. The lowest BCUT2D eigenvalue weighted by Crippen LogP contribution is -2.29. The van der Waals surface area contributed by atoms with Gasteiger partial charge in [0.2, 0.25) is 6.41 Å². The van der Waals surface area contributed by atoms with Crippen molar-refractivity contribution in [1.82, 2.24) is 15.1 Å². The van der Waals surface area contributed by atoms with Crippen LogP contribution in [0.4, 0.5) is 5.69 Å². The topological polar surface area (TPSA) is 88.8 Å². The number of piperidine rings is 1. The van der Waals surface area contributed by atoms with Crippen molar-refractivity contribution in [2.24, 2.45) is 4.99 Å². The lowest BCUT2D eigenvalue weighted by Gasteiger charge is -2.24. The van der Waals surface area contributed by atoms with Crippen molar-refractivity contribution >= 4 is 35.7 Å². The molecule has 0 atom stereocenters. The Balaban J connectivity index is 0.000000338. The quantitative estimate of drug-likeness (QED) is 0.308. The number of amides is 2. The minimum atomic E-state index is -0.0633. The summed E-state index contributed by atoms with van der Waals surface area (Å²) < 4.78 is 0. The van der Waals surface area contributed by atoms with Crippen molar-refractivity contribution in [3.8, 4) is 6.07 Å². The monoisotopic (exact) mass is 507 g/mol. The molecule has 1 aromatic heterocycles. The van der Waals surface area contributed by atoms with Gasteiger partial charge in [-0.3, -0.25) is 9.59 Å². The van der Waals surface area contributed by atoms with Gasteiger partial charge < -0.3 is 15.1 Å². The predicted molar refractivity (Wildman–Crippen MR) is 146 cm³/mol. The van der Waals surface area contributed by atoms with Crippen molar-refractivity contribution in [3.63, 3.8) is 0 Å². The second kappa shape index (κ2) is 14.4. The fourth-order valence-corrected chi connectivity index (χ4v) is 5.55. The van der Waals surface area contributed by atoms with Gasteiger partial charge in [0.25, 0.3) is 5.91 Å².